The van der Waals surface area contributed by atoms with E-state index in [0.29, 0.717) is 17.6 Å². The predicted molar refractivity (Wildman–Crippen MR) is 131 cm³/mol. The van der Waals surface area contributed by atoms with Gasteiger partial charge in [-0.2, -0.15) is 5.26 Å². The van der Waals surface area contributed by atoms with E-state index in [1.807, 2.05) is 18.3 Å². The Hall–Kier alpha value is -3.50. The van der Waals surface area contributed by atoms with E-state index in [4.69, 9.17) is 15.0 Å². The highest BCUT2D eigenvalue weighted by Crippen LogP contribution is 2.34. The molecule has 0 radical (unpaired) electrons. The molecule has 2 aliphatic rings. The maximum absolute atomic E-state index is 8.90. The summed E-state index contributed by atoms with van der Waals surface area (Å²) in [5, 5.41) is 12.1. The molecule has 34 heavy (non-hydrogen) atoms. The summed E-state index contributed by atoms with van der Waals surface area (Å²) in [6, 6.07) is 14.2. The van der Waals surface area contributed by atoms with Gasteiger partial charge in [0.05, 0.1) is 42.1 Å². The van der Waals surface area contributed by atoms with Gasteiger partial charge in [-0.3, -0.25) is 9.88 Å². The number of hydrogen-bond acceptors (Lipinski definition) is 7. The first-order chi connectivity index (χ1) is 16.8. The number of piperidine rings is 1. The number of hydrogen-bond donors (Lipinski definition) is 1. The van der Waals surface area contributed by atoms with Gasteiger partial charge in [0, 0.05) is 12.1 Å². The molecule has 0 spiro atoms. The monoisotopic (exact) mass is 454 g/mol. The number of nitrogens with zero attached hydrogens (tertiary/aromatic N) is 5. The topological polar surface area (TPSA) is 87.0 Å². The highest BCUT2D eigenvalue weighted by Gasteiger charge is 2.27. The molecule has 5 rings (SSSR count). The Balaban J connectivity index is 1.28. The minimum atomic E-state index is 0.242. The molecular formula is C27H30N6O. The third-order valence-corrected chi connectivity index (χ3v) is 6.72. The van der Waals surface area contributed by atoms with Gasteiger partial charge in [-0.1, -0.05) is 24.6 Å². The van der Waals surface area contributed by atoms with E-state index in [1.165, 1.54) is 31.2 Å². The third-order valence-electron chi connectivity index (χ3n) is 6.72. The highest BCUT2D eigenvalue weighted by molar-refractivity contribution is 5.54. The van der Waals surface area contributed by atoms with Gasteiger partial charge in [-0.25, -0.2) is 9.97 Å². The fourth-order valence-electron chi connectivity index (χ4n) is 4.93. The van der Waals surface area contributed by atoms with Crippen LogP contribution in [0.3, 0.4) is 0 Å². The quantitative estimate of drug-likeness (QED) is 0.502. The second-order valence-electron chi connectivity index (χ2n) is 9.11. The maximum atomic E-state index is 8.90. The van der Waals surface area contributed by atoms with Gasteiger partial charge in [-0.15, -0.1) is 0 Å². The Labute approximate surface area is 200 Å². The molecule has 0 bridgehead atoms. The fraction of sp³-hybridized carbons (Fsp3) is 0.407. The number of likely N-dealkylation sites (tertiary alicyclic amines) is 1. The summed E-state index contributed by atoms with van der Waals surface area (Å²) in [7, 11) is 0. The lowest BCUT2D eigenvalue weighted by Gasteiger charge is -2.35. The number of aromatic nitrogens is 3. The van der Waals surface area contributed by atoms with Gasteiger partial charge in [0.25, 0.3) is 0 Å². The first-order valence-corrected chi connectivity index (χ1v) is 12.2. The van der Waals surface area contributed by atoms with Crippen molar-refractivity contribution in [3.8, 4) is 11.8 Å². The normalized spacial score (nSPS) is 19.0. The van der Waals surface area contributed by atoms with Crippen LogP contribution < -0.4 is 10.1 Å². The van der Waals surface area contributed by atoms with Crippen molar-refractivity contribution in [3.63, 3.8) is 0 Å². The number of nitrogens with one attached hydrogen (secondary N) is 1. The summed E-state index contributed by atoms with van der Waals surface area (Å²) >= 11 is 0. The van der Waals surface area contributed by atoms with E-state index in [2.05, 4.69) is 44.5 Å². The zero-order chi connectivity index (χ0) is 23.2. The van der Waals surface area contributed by atoms with Crippen molar-refractivity contribution < 1.29 is 4.74 Å². The minimum absolute atomic E-state index is 0.242. The second-order valence-corrected chi connectivity index (χ2v) is 9.11. The van der Waals surface area contributed by atoms with E-state index in [1.54, 1.807) is 18.5 Å². The van der Waals surface area contributed by atoms with Gasteiger partial charge in [0.2, 0.25) is 0 Å². The van der Waals surface area contributed by atoms with E-state index < -0.39 is 0 Å². The molecule has 2 aromatic heterocycles. The molecule has 7 nitrogen and oxygen atoms in total. The summed E-state index contributed by atoms with van der Waals surface area (Å²) in [5.74, 6) is 1.69. The zero-order valence-electron chi connectivity index (χ0n) is 19.4. The Bertz CT molecular complexity index is 1120. The van der Waals surface area contributed by atoms with Crippen molar-refractivity contribution in [2.75, 3.05) is 11.9 Å². The summed E-state index contributed by atoms with van der Waals surface area (Å²) in [4.78, 5) is 16.0. The van der Waals surface area contributed by atoms with Crippen LogP contribution in [0.25, 0.3) is 0 Å². The van der Waals surface area contributed by atoms with E-state index in [0.717, 1.165) is 49.5 Å². The summed E-state index contributed by atoms with van der Waals surface area (Å²) < 4.78 is 6.39. The highest BCUT2D eigenvalue weighted by atomic mass is 16.5. The standard InChI is InChI=1S/C27H30N6O/c28-15-21-12-13-22(16-29-21)32-27-18-30-24(17-31-27)25-10-5-6-14-33(25)19-20-7-1-4-11-26(20)34-23-8-2-3-9-23/h1,4,7,11-13,16-18,23,25H,2-3,5-6,8-10,14,19H2,(H,31,32)/t25-/m1/s1. The van der Waals surface area contributed by atoms with E-state index >= 15 is 0 Å². The number of benzene rings is 1. The van der Waals surface area contributed by atoms with Crippen molar-refractivity contribution in [2.45, 2.75) is 63.6 Å². The molecule has 7 heteroatoms. The largest absolute Gasteiger partial charge is 0.490 e. The van der Waals surface area contributed by atoms with E-state index in [-0.39, 0.29) is 6.04 Å². The molecule has 1 N–H and O–H groups in total. The van der Waals surface area contributed by atoms with Crippen LogP contribution in [0.2, 0.25) is 0 Å². The Morgan fingerprint density at radius 1 is 0.941 bits per heavy atom. The molecule has 1 atom stereocenters. The Morgan fingerprint density at radius 2 is 1.79 bits per heavy atom. The smallest absolute Gasteiger partial charge is 0.148 e. The molecule has 174 valence electrons. The number of para-hydroxylation sites is 1. The van der Waals surface area contributed by atoms with Crippen molar-refractivity contribution >= 4 is 11.5 Å². The molecule has 3 aromatic rings. The van der Waals surface area contributed by atoms with Gasteiger partial charge in [0.15, 0.2) is 0 Å². The minimum Gasteiger partial charge on any atom is -0.490 e. The lowest BCUT2D eigenvalue weighted by Crippen LogP contribution is -2.33. The summed E-state index contributed by atoms with van der Waals surface area (Å²) in [6.07, 6.45) is 14.0. The number of pyridine rings is 1. The number of ether oxygens (including phenoxy) is 1. The van der Waals surface area contributed by atoms with Crippen LogP contribution in [0.15, 0.2) is 55.0 Å². The molecule has 1 aliphatic heterocycles. The Morgan fingerprint density at radius 3 is 2.56 bits per heavy atom. The van der Waals surface area contributed by atoms with E-state index in [9.17, 15) is 0 Å². The molecule has 1 aromatic carbocycles. The van der Waals surface area contributed by atoms with Crippen LogP contribution in [-0.2, 0) is 6.54 Å². The number of nitriles is 1. The van der Waals surface area contributed by atoms with Crippen LogP contribution in [0, 0.1) is 11.3 Å². The number of anilines is 2. The van der Waals surface area contributed by atoms with Crippen molar-refractivity contribution in [1.29, 1.82) is 5.26 Å². The lowest BCUT2D eigenvalue weighted by molar-refractivity contribution is 0.132. The van der Waals surface area contributed by atoms with Crippen LogP contribution in [-0.4, -0.2) is 32.5 Å². The Kier molecular flexibility index (Phi) is 6.97. The van der Waals surface area contributed by atoms with Crippen LogP contribution in [0.1, 0.15) is 67.9 Å². The number of rotatable bonds is 7. The SMILES string of the molecule is N#Cc1ccc(Nc2cnc([C@H]3CCCCN3Cc3ccccc3OC3CCCC3)cn2)cn1. The van der Waals surface area contributed by atoms with Gasteiger partial charge >= 0.3 is 0 Å². The zero-order valence-corrected chi connectivity index (χ0v) is 19.4. The lowest BCUT2D eigenvalue weighted by atomic mass is 9.98. The maximum Gasteiger partial charge on any atom is 0.148 e. The van der Waals surface area contributed by atoms with Gasteiger partial charge in [-0.05, 0) is 63.3 Å². The molecule has 3 heterocycles. The van der Waals surface area contributed by atoms with Crippen LogP contribution in [0.5, 0.6) is 5.75 Å². The predicted octanol–water partition coefficient (Wildman–Crippen LogP) is 5.54. The second kappa shape index (κ2) is 10.6. The van der Waals surface area contributed by atoms with Crippen molar-refractivity contribution in [3.05, 3.63) is 71.9 Å². The van der Waals surface area contributed by atoms with Gasteiger partial charge in [0.1, 0.15) is 23.3 Å². The van der Waals surface area contributed by atoms with Crippen molar-refractivity contribution in [2.24, 2.45) is 0 Å². The summed E-state index contributed by atoms with van der Waals surface area (Å²) in [5.41, 5.74) is 3.41. The molecule has 2 fully saturated rings. The van der Waals surface area contributed by atoms with Gasteiger partial charge < -0.3 is 10.1 Å². The first-order valence-electron chi connectivity index (χ1n) is 12.2. The van der Waals surface area contributed by atoms with Crippen molar-refractivity contribution in [1.82, 2.24) is 19.9 Å². The average Bonchev–Trinajstić information content (AvgIpc) is 3.40. The van der Waals surface area contributed by atoms with Crippen LogP contribution >= 0.6 is 0 Å². The summed E-state index contributed by atoms with van der Waals surface area (Å²) in [6.45, 7) is 1.90. The molecule has 0 unspecified atom stereocenters. The third kappa shape index (κ3) is 5.35. The molecule has 1 saturated heterocycles. The first kappa shape index (κ1) is 22.3. The average molecular weight is 455 g/mol. The molecule has 1 aliphatic carbocycles. The van der Waals surface area contributed by atoms with Crippen LogP contribution in [0.4, 0.5) is 11.5 Å². The molecule has 0 amide bonds. The molecular weight excluding hydrogens is 424 g/mol. The molecule has 1 saturated carbocycles. The fourth-order valence-corrected chi connectivity index (χ4v) is 4.93.